The molecule has 0 N–H and O–H groups in total. The van der Waals surface area contributed by atoms with E-state index < -0.39 is 0 Å². The number of aromatic nitrogens is 2. The SMILES string of the molecule is CCCC(C)(C=O)CN1CCn2ccnc2C1. The molecule has 0 aromatic carbocycles. The largest absolute Gasteiger partial charge is 0.333 e. The quantitative estimate of drug-likeness (QED) is 0.729. The summed E-state index contributed by atoms with van der Waals surface area (Å²) in [6.07, 6.45) is 7.01. The molecule has 0 spiro atoms. The summed E-state index contributed by atoms with van der Waals surface area (Å²) < 4.78 is 2.19. The number of hydrogen-bond donors (Lipinski definition) is 0. The number of rotatable bonds is 5. The van der Waals surface area contributed by atoms with Gasteiger partial charge in [-0.2, -0.15) is 0 Å². The molecule has 1 aromatic rings. The third kappa shape index (κ3) is 2.75. The van der Waals surface area contributed by atoms with Crippen LogP contribution in [0.3, 0.4) is 0 Å². The molecule has 1 aliphatic rings. The number of carbonyl (C=O) groups is 1. The van der Waals surface area contributed by atoms with Crippen LogP contribution in [0, 0.1) is 5.41 Å². The molecule has 0 amide bonds. The van der Waals surface area contributed by atoms with Crippen LogP contribution in [0.1, 0.15) is 32.5 Å². The maximum absolute atomic E-state index is 11.2. The molecular formula is C13H21N3O. The van der Waals surface area contributed by atoms with Gasteiger partial charge >= 0.3 is 0 Å². The first kappa shape index (κ1) is 12.3. The second-order valence-electron chi connectivity index (χ2n) is 5.27. The molecule has 0 fully saturated rings. The molecule has 0 saturated carbocycles. The van der Waals surface area contributed by atoms with Gasteiger partial charge in [0.05, 0.1) is 6.54 Å². The zero-order valence-corrected chi connectivity index (χ0v) is 10.7. The van der Waals surface area contributed by atoms with E-state index in [0.29, 0.717) is 0 Å². The van der Waals surface area contributed by atoms with Crippen LogP contribution in [-0.2, 0) is 17.9 Å². The van der Waals surface area contributed by atoms with Gasteiger partial charge in [0.2, 0.25) is 0 Å². The molecule has 0 bridgehead atoms. The maximum atomic E-state index is 11.2. The van der Waals surface area contributed by atoms with Gasteiger partial charge in [-0.1, -0.05) is 20.3 Å². The van der Waals surface area contributed by atoms with Gasteiger partial charge in [-0.05, 0) is 6.42 Å². The number of hydrogen-bond acceptors (Lipinski definition) is 3. The normalized spacial score (nSPS) is 19.6. The number of carbonyl (C=O) groups excluding carboxylic acids is 1. The van der Waals surface area contributed by atoms with E-state index in [4.69, 9.17) is 0 Å². The molecule has 1 atom stereocenters. The van der Waals surface area contributed by atoms with Gasteiger partial charge in [0.1, 0.15) is 12.1 Å². The van der Waals surface area contributed by atoms with Crippen LogP contribution in [-0.4, -0.2) is 33.8 Å². The zero-order valence-electron chi connectivity index (χ0n) is 10.7. The highest BCUT2D eigenvalue weighted by Crippen LogP contribution is 2.23. The lowest BCUT2D eigenvalue weighted by Gasteiger charge is -2.34. The van der Waals surface area contributed by atoms with Crippen molar-refractivity contribution in [1.29, 1.82) is 0 Å². The first-order valence-corrected chi connectivity index (χ1v) is 6.35. The number of aldehydes is 1. The number of fused-ring (bicyclic) bond motifs is 1. The van der Waals surface area contributed by atoms with E-state index in [-0.39, 0.29) is 5.41 Å². The minimum atomic E-state index is -0.205. The van der Waals surface area contributed by atoms with Gasteiger partial charge in [0.15, 0.2) is 0 Å². The Balaban J connectivity index is 1.99. The average molecular weight is 235 g/mol. The Hall–Kier alpha value is -1.16. The molecular weight excluding hydrogens is 214 g/mol. The van der Waals surface area contributed by atoms with Crippen molar-refractivity contribution in [2.75, 3.05) is 13.1 Å². The van der Waals surface area contributed by atoms with Gasteiger partial charge in [-0.15, -0.1) is 0 Å². The van der Waals surface area contributed by atoms with Crippen LogP contribution in [0.15, 0.2) is 12.4 Å². The minimum absolute atomic E-state index is 0.205. The maximum Gasteiger partial charge on any atom is 0.127 e. The van der Waals surface area contributed by atoms with Crippen molar-refractivity contribution in [3.63, 3.8) is 0 Å². The Labute approximate surface area is 103 Å². The predicted molar refractivity (Wildman–Crippen MR) is 66.6 cm³/mol. The summed E-state index contributed by atoms with van der Waals surface area (Å²) in [7, 11) is 0. The lowest BCUT2D eigenvalue weighted by Crippen LogP contribution is -2.41. The fourth-order valence-corrected chi connectivity index (χ4v) is 2.62. The van der Waals surface area contributed by atoms with E-state index in [9.17, 15) is 4.79 Å². The third-order valence-corrected chi connectivity index (χ3v) is 3.51. The molecule has 2 heterocycles. The van der Waals surface area contributed by atoms with E-state index in [1.54, 1.807) is 0 Å². The number of nitrogens with zero attached hydrogens (tertiary/aromatic N) is 3. The molecule has 4 nitrogen and oxygen atoms in total. The van der Waals surface area contributed by atoms with Gasteiger partial charge in [-0.25, -0.2) is 4.98 Å². The van der Waals surface area contributed by atoms with E-state index in [2.05, 4.69) is 28.3 Å². The second kappa shape index (κ2) is 5.00. The molecule has 0 radical (unpaired) electrons. The molecule has 17 heavy (non-hydrogen) atoms. The Morgan fingerprint density at radius 2 is 2.35 bits per heavy atom. The summed E-state index contributed by atoms with van der Waals surface area (Å²) in [6.45, 7) is 7.89. The predicted octanol–water partition coefficient (Wildman–Crippen LogP) is 1.70. The van der Waals surface area contributed by atoms with Crippen LogP contribution in [0.2, 0.25) is 0 Å². The molecule has 0 saturated heterocycles. The van der Waals surface area contributed by atoms with Crippen molar-refractivity contribution in [2.45, 2.75) is 39.8 Å². The lowest BCUT2D eigenvalue weighted by atomic mass is 9.86. The monoisotopic (exact) mass is 235 g/mol. The summed E-state index contributed by atoms with van der Waals surface area (Å²) in [5.74, 6) is 1.11. The molecule has 1 unspecified atom stereocenters. The van der Waals surface area contributed by atoms with Gasteiger partial charge in [0.25, 0.3) is 0 Å². The molecule has 4 heteroatoms. The summed E-state index contributed by atoms with van der Waals surface area (Å²) in [5.41, 5.74) is -0.205. The fraction of sp³-hybridized carbons (Fsp3) is 0.692. The van der Waals surface area contributed by atoms with Crippen LogP contribution in [0.5, 0.6) is 0 Å². The highest BCUT2D eigenvalue weighted by molar-refractivity contribution is 5.59. The third-order valence-electron chi connectivity index (χ3n) is 3.51. The molecule has 2 rings (SSSR count). The van der Waals surface area contributed by atoms with Crippen molar-refractivity contribution >= 4 is 6.29 Å². The fourth-order valence-electron chi connectivity index (χ4n) is 2.62. The van der Waals surface area contributed by atoms with E-state index in [1.165, 1.54) is 0 Å². The summed E-state index contributed by atoms with van der Waals surface area (Å²) in [6, 6.07) is 0. The average Bonchev–Trinajstić information content (AvgIpc) is 2.76. The van der Waals surface area contributed by atoms with Crippen molar-refractivity contribution in [2.24, 2.45) is 5.41 Å². The lowest BCUT2D eigenvalue weighted by molar-refractivity contribution is -0.117. The summed E-state index contributed by atoms with van der Waals surface area (Å²) in [5, 5.41) is 0. The van der Waals surface area contributed by atoms with Gasteiger partial charge < -0.3 is 9.36 Å². The summed E-state index contributed by atoms with van der Waals surface area (Å²) in [4.78, 5) is 17.9. The van der Waals surface area contributed by atoms with Crippen molar-refractivity contribution in [3.05, 3.63) is 18.2 Å². The van der Waals surface area contributed by atoms with Crippen molar-refractivity contribution in [1.82, 2.24) is 14.5 Å². The standard InChI is InChI=1S/C13H21N3O/c1-3-4-13(2,11-17)10-15-7-8-16-6-5-14-12(16)9-15/h5-6,11H,3-4,7-10H2,1-2H3. The second-order valence-corrected chi connectivity index (χ2v) is 5.27. The number of imidazole rings is 1. The highest BCUT2D eigenvalue weighted by atomic mass is 16.1. The van der Waals surface area contributed by atoms with Crippen LogP contribution in [0.25, 0.3) is 0 Å². The van der Waals surface area contributed by atoms with E-state index in [0.717, 1.165) is 51.1 Å². The first-order valence-electron chi connectivity index (χ1n) is 6.35. The molecule has 0 aliphatic carbocycles. The molecule has 1 aliphatic heterocycles. The summed E-state index contributed by atoms with van der Waals surface area (Å²) >= 11 is 0. The Kier molecular flexibility index (Phi) is 3.62. The Bertz CT molecular complexity index is 388. The van der Waals surface area contributed by atoms with Gasteiger partial charge in [-0.3, -0.25) is 4.90 Å². The topological polar surface area (TPSA) is 38.1 Å². The van der Waals surface area contributed by atoms with Gasteiger partial charge in [0, 0.05) is 37.4 Å². The minimum Gasteiger partial charge on any atom is -0.333 e. The molecule has 1 aromatic heterocycles. The van der Waals surface area contributed by atoms with E-state index >= 15 is 0 Å². The van der Waals surface area contributed by atoms with Crippen molar-refractivity contribution in [3.8, 4) is 0 Å². The van der Waals surface area contributed by atoms with Crippen LogP contribution < -0.4 is 0 Å². The van der Waals surface area contributed by atoms with Crippen LogP contribution in [0.4, 0.5) is 0 Å². The Morgan fingerprint density at radius 3 is 3.06 bits per heavy atom. The Morgan fingerprint density at radius 1 is 1.53 bits per heavy atom. The van der Waals surface area contributed by atoms with E-state index in [1.807, 2.05) is 12.4 Å². The smallest absolute Gasteiger partial charge is 0.127 e. The first-order chi connectivity index (χ1) is 8.17. The highest BCUT2D eigenvalue weighted by Gasteiger charge is 2.27. The molecule has 94 valence electrons. The zero-order chi connectivity index (χ0) is 12.3. The van der Waals surface area contributed by atoms with Crippen molar-refractivity contribution < 1.29 is 4.79 Å². The van der Waals surface area contributed by atoms with Crippen LogP contribution >= 0.6 is 0 Å².